The molecule has 2 aromatic carbocycles. The van der Waals surface area contributed by atoms with Crippen molar-refractivity contribution in [3.05, 3.63) is 83.8 Å². The van der Waals surface area contributed by atoms with Crippen LogP contribution in [0.3, 0.4) is 0 Å². The van der Waals surface area contributed by atoms with Gasteiger partial charge in [-0.1, -0.05) is 24.3 Å². The number of ether oxygens (including phenoxy) is 1. The summed E-state index contributed by atoms with van der Waals surface area (Å²) < 4.78 is 7.17. The molecule has 3 aromatic rings. The largest absolute Gasteiger partial charge is 0.378 e. The minimum atomic E-state index is -0.459. The van der Waals surface area contributed by atoms with E-state index in [0.29, 0.717) is 43.2 Å². The molecule has 1 aromatic heterocycles. The van der Waals surface area contributed by atoms with E-state index < -0.39 is 16.4 Å². The van der Waals surface area contributed by atoms with Gasteiger partial charge in [-0.15, -0.1) is 11.3 Å². The summed E-state index contributed by atoms with van der Waals surface area (Å²) in [6, 6.07) is 15.8. The Bertz CT molecular complexity index is 1610. The predicted molar refractivity (Wildman–Crippen MR) is 148 cm³/mol. The van der Waals surface area contributed by atoms with Crippen LogP contribution in [0.1, 0.15) is 24.8 Å². The number of rotatable bonds is 5. The first-order chi connectivity index (χ1) is 19.0. The van der Waals surface area contributed by atoms with Gasteiger partial charge in [0, 0.05) is 32.2 Å². The number of morpholine rings is 1. The summed E-state index contributed by atoms with van der Waals surface area (Å²) in [6.07, 6.45) is 4.67. The normalized spacial score (nSPS) is 17.1. The number of carbonyl (C=O) groups excluding carboxylic acids is 1. The molecule has 39 heavy (non-hydrogen) atoms. The van der Waals surface area contributed by atoms with Crippen LogP contribution in [-0.4, -0.2) is 59.7 Å². The molecule has 11 heteroatoms. The minimum absolute atomic E-state index is 0.0161. The topological polar surface area (TPSA) is 122 Å². The van der Waals surface area contributed by atoms with Gasteiger partial charge >= 0.3 is 0 Å². The summed E-state index contributed by atoms with van der Waals surface area (Å²) in [5.41, 5.74) is 1.02. The lowest BCUT2D eigenvalue weighted by molar-refractivity contribution is -0.384. The fraction of sp³-hybridized carbons (Fsp3) is 0.321. The Morgan fingerprint density at radius 2 is 1.77 bits per heavy atom. The Kier molecular flexibility index (Phi) is 7.86. The number of thiazole rings is 1. The molecule has 3 heterocycles. The van der Waals surface area contributed by atoms with E-state index in [-0.39, 0.29) is 20.5 Å². The number of hydrogen-bond acceptors (Lipinski definition) is 8. The highest BCUT2D eigenvalue weighted by Gasteiger charge is 2.25. The third kappa shape index (κ3) is 5.48. The summed E-state index contributed by atoms with van der Waals surface area (Å²) in [5, 5.41) is 22.0. The van der Waals surface area contributed by atoms with Gasteiger partial charge < -0.3 is 14.5 Å². The minimum Gasteiger partial charge on any atom is -0.378 e. The first-order valence-corrected chi connectivity index (χ1v) is 13.6. The number of carbonyl (C=O) groups is 1. The Morgan fingerprint density at radius 1 is 1.05 bits per heavy atom. The molecule has 10 nitrogen and oxygen atoms in total. The van der Waals surface area contributed by atoms with Crippen molar-refractivity contribution in [3.63, 3.8) is 0 Å². The Balaban J connectivity index is 1.67. The van der Waals surface area contributed by atoms with E-state index >= 15 is 0 Å². The van der Waals surface area contributed by atoms with Gasteiger partial charge in [0.15, 0.2) is 5.57 Å². The lowest BCUT2D eigenvalue weighted by Crippen LogP contribution is -2.42. The maximum atomic E-state index is 13.7. The molecule has 2 fully saturated rings. The summed E-state index contributed by atoms with van der Waals surface area (Å²) in [4.78, 5) is 42.1. The predicted octanol–water partition coefficient (Wildman–Crippen LogP) is 2.16. The van der Waals surface area contributed by atoms with Crippen LogP contribution < -0.4 is 19.7 Å². The lowest BCUT2D eigenvalue weighted by Gasteiger charge is -2.28. The van der Waals surface area contributed by atoms with E-state index in [9.17, 15) is 25.0 Å². The Labute approximate surface area is 228 Å². The molecular weight excluding hydrogens is 518 g/mol. The average Bonchev–Trinajstić information content (AvgIpc) is 3.29. The molecule has 0 N–H and O–H groups in total. The lowest BCUT2D eigenvalue weighted by atomic mass is 10.1. The molecule has 0 aliphatic carbocycles. The molecule has 2 saturated heterocycles. The van der Waals surface area contributed by atoms with E-state index in [2.05, 4.69) is 0 Å². The summed E-state index contributed by atoms with van der Waals surface area (Å²) >= 11 is 1.02. The molecule has 2 aliphatic rings. The van der Waals surface area contributed by atoms with Gasteiger partial charge in [0.25, 0.3) is 17.2 Å². The maximum Gasteiger partial charge on any atom is 0.293 e. The van der Waals surface area contributed by atoms with Crippen molar-refractivity contribution in [1.82, 2.24) is 9.47 Å². The molecule has 0 saturated carbocycles. The number of nitriles is 1. The molecule has 1 amide bonds. The van der Waals surface area contributed by atoms with Crippen LogP contribution in [0, 0.1) is 21.4 Å². The molecule has 0 bridgehead atoms. The Hall–Kier alpha value is -4.27. The molecule has 0 spiro atoms. The van der Waals surface area contributed by atoms with E-state index in [1.807, 2.05) is 17.0 Å². The van der Waals surface area contributed by atoms with Gasteiger partial charge in [-0.05, 0) is 49.1 Å². The second kappa shape index (κ2) is 11.6. The number of piperidine rings is 1. The number of nitrogens with zero attached hydrogens (tertiary/aromatic N) is 5. The number of anilines is 1. The molecule has 0 radical (unpaired) electrons. The number of nitro groups is 1. The number of nitro benzene ring substituents is 1. The first-order valence-electron chi connectivity index (χ1n) is 12.8. The highest BCUT2D eigenvalue weighted by Crippen LogP contribution is 2.31. The van der Waals surface area contributed by atoms with Crippen LogP contribution in [0.25, 0.3) is 17.3 Å². The molecule has 0 atom stereocenters. The van der Waals surface area contributed by atoms with Crippen LogP contribution in [0.4, 0.5) is 11.4 Å². The van der Waals surface area contributed by atoms with Crippen LogP contribution in [0.2, 0.25) is 0 Å². The van der Waals surface area contributed by atoms with Crippen molar-refractivity contribution in [3.8, 4) is 11.8 Å². The standard InChI is InChI=1S/C28H27N5O5S/c29-19-22(26(34)31-13-15-38-16-14-31)28-32(21-7-3-1-4-8-21)27(35)25(39-28)18-20-9-10-23(24(17-20)33(36)37)30-11-5-2-6-12-30/h1,3-4,7-10,17-18H,2,5-6,11-16H2. The zero-order valence-corrected chi connectivity index (χ0v) is 22.1. The summed E-state index contributed by atoms with van der Waals surface area (Å²) in [7, 11) is 0. The zero-order chi connectivity index (χ0) is 27.4. The number of benzene rings is 2. The van der Waals surface area contributed by atoms with Crippen molar-refractivity contribution in [1.29, 1.82) is 5.26 Å². The third-order valence-electron chi connectivity index (χ3n) is 6.87. The van der Waals surface area contributed by atoms with Gasteiger partial charge in [-0.25, -0.2) is 0 Å². The van der Waals surface area contributed by atoms with Gasteiger partial charge in [-0.2, -0.15) is 5.26 Å². The third-order valence-corrected chi connectivity index (χ3v) is 7.96. The van der Waals surface area contributed by atoms with E-state index in [0.717, 1.165) is 43.7 Å². The average molecular weight is 546 g/mol. The SMILES string of the molecule is N#CC(C(=O)N1CCOCC1)=c1sc(=Cc2ccc(N3CCCCC3)c([N+](=O)[O-])c2)c(=O)n1-c1ccccc1. The van der Waals surface area contributed by atoms with Crippen LogP contribution >= 0.6 is 11.3 Å². The van der Waals surface area contributed by atoms with Crippen molar-refractivity contribution >= 4 is 40.3 Å². The van der Waals surface area contributed by atoms with Crippen LogP contribution in [0.15, 0.2) is 53.3 Å². The van der Waals surface area contributed by atoms with Gasteiger partial charge in [0.1, 0.15) is 16.4 Å². The number of para-hydroxylation sites is 1. The second-order valence-corrected chi connectivity index (χ2v) is 10.4. The van der Waals surface area contributed by atoms with Gasteiger partial charge in [-0.3, -0.25) is 24.3 Å². The molecule has 2 aliphatic heterocycles. The fourth-order valence-electron chi connectivity index (χ4n) is 4.90. The van der Waals surface area contributed by atoms with Crippen molar-refractivity contribution in [2.75, 3.05) is 44.3 Å². The monoisotopic (exact) mass is 545 g/mol. The summed E-state index contributed by atoms with van der Waals surface area (Å²) in [6.45, 7) is 3.01. The highest BCUT2D eigenvalue weighted by molar-refractivity contribution is 7.07. The number of amides is 1. The smallest absolute Gasteiger partial charge is 0.293 e. The fourth-order valence-corrected chi connectivity index (χ4v) is 6.00. The van der Waals surface area contributed by atoms with Crippen LogP contribution in [-0.2, 0) is 9.53 Å². The van der Waals surface area contributed by atoms with E-state index in [1.165, 1.54) is 10.6 Å². The summed E-state index contributed by atoms with van der Waals surface area (Å²) in [5.74, 6) is -0.459. The first kappa shape index (κ1) is 26.3. The quantitative estimate of drug-likeness (QED) is 0.356. The van der Waals surface area contributed by atoms with E-state index in [4.69, 9.17) is 4.74 Å². The molecular formula is C28H27N5O5S. The van der Waals surface area contributed by atoms with Crippen LogP contribution in [0.5, 0.6) is 0 Å². The molecule has 200 valence electrons. The number of hydrogen-bond donors (Lipinski definition) is 0. The van der Waals surface area contributed by atoms with Gasteiger partial charge in [0.2, 0.25) is 0 Å². The second-order valence-electron chi connectivity index (χ2n) is 9.34. The zero-order valence-electron chi connectivity index (χ0n) is 21.2. The van der Waals surface area contributed by atoms with Gasteiger partial charge in [0.05, 0.1) is 28.4 Å². The maximum absolute atomic E-state index is 13.7. The highest BCUT2D eigenvalue weighted by atomic mass is 32.1. The molecule has 5 rings (SSSR count). The Morgan fingerprint density at radius 3 is 2.44 bits per heavy atom. The number of aromatic nitrogens is 1. The van der Waals surface area contributed by atoms with Crippen molar-refractivity contribution in [2.24, 2.45) is 0 Å². The van der Waals surface area contributed by atoms with Crippen molar-refractivity contribution in [2.45, 2.75) is 19.3 Å². The van der Waals surface area contributed by atoms with E-state index in [1.54, 1.807) is 47.4 Å². The molecule has 0 unspecified atom stereocenters. The van der Waals surface area contributed by atoms with Crippen molar-refractivity contribution < 1.29 is 14.5 Å².